The van der Waals surface area contributed by atoms with Crippen LogP contribution in [0.2, 0.25) is 0 Å². The van der Waals surface area contributed by atoms with Gasteiger partial charge in [0, 0.05) is 28.8 Å². The molecular weight excluding hydrogens is 661 g/mol. The Morgan fingerprint density at radius 2 is 1.06 bits per heavy atom. The summed E-state index contributed by atoms with van der Waals surface area (Å²) in [5, 5.41) is 0. The fraction of sp³-hybridized carbons (Fsp3) is 0.200. The molecule has 250 valence electrons. The summed E-state index contributed by atoms with van der Waals surface area (Å²) in [6, 6.07) is 9.44. The van der Waals surface area contributed by atoms with Gasteiger partial charge in [0.1, 0.15) is 34.6 Å². The van der Waals surface area contributed by atoms with Crippen molar-refractivity contribution in [1.82, 2.24) is 0 Å². The van der Waals surface area contributed by atoms with Gasteiger partial charge in [0.05, 0.1) is 5.56 Å². The molecule has 0 radical (unpaired) electrons. The van der Waals surface area contributed by atoms with Gasteiger partial charge in [0.2, 0.25) is 5.75 Å². The second-order valence-corrected chi connectivity index (χ2v) is 10.2. The Hall–Kier alpha value is -5.17. The maximum atomic E-state index is 14.7. The number of hydrogen-bond acceptors (Lipinski definition) is 2. The second-order valence-electron chi connectivity index (χ2n) is 10.2. The molecule has 0 amide bonds. The maximum Gasteiger partial charge on any atom is 0.573 e. The summed E-state index contributed by atoms with van der Waals surface area (Å²) in [7, 11) is 0. The number of alkyl halides is 5. The minimum absolute atomic E-state index is 0.0338. The van der Waals surface area contributed by atoms with Crippen LogP contribution >= 0.6 is 0 Å². The lowest BCUT2D eigenvalue weighted by Gasteiger charge is -2.20. The van der Waals surface area contributed by atoms with Gasteiger partial charge in [0.15, 0.2) is 11.6 Å². The summed E-state index contributed by atoms with van der Waals surface area (Å²) in [5.74, 6) is -4.41. The van der Waals surface area contributed by atoms with Gasteiger partial charge in [-0.2, -0.15) is 8.78 Å². The number of aryl methyl sites for hydroxylation is 1. The molecule has 0 spiro atoms. The highest BCUT2D eigenvalue weighted by atomic mass is 19.4. The second kappa shape index (κ2) is 14.7. The van der Waals surface area contributed by atoms with E-state index in [1.807, 2.05) is 18.1 Å². The molecule has 48 heavy (non-hydrogen) atoms. The first kappa shape index (κ1) is 35.7. The SMILES string of the molecule is CCCCCc1ccc(C#Cc2cc(F)c(C#Cc3cc(F)c(C(F)(F)Oc4cc(F)c(OC(F)(F)F)c(F)c4)c(F)c3)c(F)c2)cc1. The van der Waals surface area contributed by atoms with E-state index < -0.39 is 75.6 Å². The van der Waals surface area contributed by atoms with Gasteiger partial charge in [0.25, 0.3) is 0 Å². The van der Waals surface area contributed by atoms with Crippen molar-refractivity contribution < 1.29 is 57.8 Å². The Morgan fingerprint density at radius 1 is 0.562 bits per heavy atom. The standard InChI is InChI=1S/C35H21F11O2/c1-2-3-4-5-20-6-8-21(9-7-20)10-11-22-14-26(36)25(27(37)15-22)13-12-23-16-28(38)32(29(39)17-23)34(42,43)47-24-18-30(40)33(31(41)19-24)48-35(44,45)46/h6-9,14-19H,2-5H2,1H3. The van der Waals surface area contributed by atoms with Gasteiger partial charge in [-0.05, 0) is 54.8 Å². The summed E-state index contributed by atoms with van der Waals surface area (Å²) >= 11 is 0. The fourth-order valence-corrected chi connectivity index (χ4v) is 4.31. The third kappa shape index (κ3) is 9.22. The van der Waals surface area contributed by atoms with E-state index in [1.54, 1.807) is 12.1 Å². The molecule has 0 heterocycles. The molecule has 4 aromatic rings. The molecular formula is C35H21F11O2. The molecule has 4 aromatic carbocycles. The van der Waals surface area contributed by atoms with Crippen LogP contribution in [0.3, 0.4) is 0 Å². The van der Waals surface area contributed by atoms with Crippen molar-refractivity contribution >= 4 is 0 Å². The molecule has 13 heteroatoms. The molecule has 0 aromatic heterocycles. The molecule has 0 aliphatic carbocycles. The first-order valence-electron chi connectivity index (χ1n) is 14.0. The molecule has 0 atom stereocenters. The molecule has 0 bridgehead atoms. The smallest absolute Gasteiger partial charge is 0.429 e. The van der Waals surface area contributed by atoms with Crippen molar-refractivity contribution in [1.29, 1.82) is 0 Å². The van der Waals surface area contributed by atoms with Gasteiger partial charge >= 0.3 is 12.5 Å². The third-order valence-corrected chi connectivity index (χ3v) is 6.52. The van der Waals surface area contributed by atoms with E-state index in [9.17, 15) is 48.3 Å². The zero-order chi connectivity index (χ0) is 35.2. The van der Waals surface area contributed by atoms with E-state index in [4.69, 9.17) is 0 Å². The third-order valence-electron chi connectivity index (χ3n) is 6.52. The number of benzene rings is 4. The summed E-state index contributed by atoms with van der Waals surface area (Å²) in [6.45, 7) is 2.10. The molecule has 0 aliphatic rings. The zero-order valence-electron chi connectivity index (χ0n) is 24.6. The van der Waals surface area contributed by atoms with Crippen molar-refractivity contribution in [2.45, 2.75) is 45.1 Å². The van der Waals surface area contributed by atoms with Crippen LogP contribution in [0.15, 0.2) is 60.7 Å². The molecule has 4 rings (SSSR count). The lowest BCUT2D eigenvalue weighted by atomic mass is 10.0. The van der Waals surface area contributed by atoms with E-state index in [-0.39, 0.29) is 29.8 Å². The van der Waals surface area contributed by atoms with Crippen LogP contribution in [0.4, 0.5) is 48.3 Å². The summed E-state index contributed by atoms with van der Waals surface area (Å²) in [5.41, 5.74) is -1.81. The van der Waals surface area contributed by atoms with Crippen molar-refractivity contribution in [3.05, 3.63) is 129 Å². The topological polar surface area (TPSA) is 18.5 Å². The Balaban J connectivity index is 1.52. The van der Waals surface area contributed by atoms with Crippen molar-refractivity contribution in [3.8, 4) is 35.2 Å². The Kier molecular flexibility index (Phi) is 10.9. The highest BCUT2D eigenvalue weighted by Gasteiger charge is 2.42. The average Bonchev–Trinajstić information content (AvgIpc) is 2.97. The summed E-state index contributed by atoms with van der Waals surface area (Å²) in [6.07, 6.45) is -6.32. The molecule has 0 saturated carbocycles. The first-order chi connectivity index (χ1) is 22.6. The monoisotopic (exact) mass is 682 g/mol. The van der Waals surface area contributed by atoms with Crippen LogP contribution < -0.4 is 9.47 Å². The van der Waals surface area contributed by atoms with Crippen molar-refractivity contribution in [3.63, 3.8) is 0 Å². The predicted molar refractivity (Wildman–Crippen MR) is 152 cm³/mol. The van der Waals surface area contributed by atoms with Crippen LogP contribution in [-0.2, 0) is 12.5 Å². The van der Waals surface area contributed by atoms with Gasteiger partial charge < -0.3 is 9.47 Å². The van der Waals surface area contributed by atoms with E-state index in [0.717, 1.165) is 43.4 Å². The molecule has 2 nitrogen and oxygen atoms in total. The minimum atomic E-state index is -5.53. The van der Waals surface area contributed by atoms with Crippen LogP contribution in [0.1, 0.15) is 59.6 Å². The van der Waals surface area contributed by atoms with Crippen LogP contribution in [0.5, 0.6) is 11.5 Å². The van der Waals surface area contributed by atoms with E-state index in [0.29, 0.717) is 5.56 Å². The molecule has 0 saturated heterocycles. The fourth-order valence-electron chi connectivity index (χ4n) is 4.31. The first-order valence-corrected chi connectivity index (χ1v) is 14.0. The van der Waals surface area contributed by atoms with Crippen LogP contribution in [0.25, 0.3) is 0 Å². The lowest BCUT2D eigenvalue weighted by Crippen LogP contribution is -2.25. The Morgan fingerprint density at radius 3 is 1.58 bits per heavy atom. The van der Waals surface area contributed by atoms with Crippen molar-refractivity contribution in [2.24, 2.45) is 0 Å². The number of ether oxygens (including phenoxy) is 2. The molecule has 0 aliphatic heterocycles. The Bertz CT molecular complexity index is 1860. The average molecular weight is 683 g/mol. The molecule has 0 N–H and O–H groups in total. The zero-order valence-corrected chi connectivity index (χ0v) is 24.6. The molecule has 0 fully saturated rings. The maximum absolute atomic E-state index is 14.7. The predicted octanol–water partition coefficient (Wildman–Crippen LogP) is 10.1. The van der Waals surface area contributed by atoms with Crippen LogP contribution in [-0.4, -0.2) is 6.36 Å². The molecule has 0 unspecified atom stereocenters. The van der Waals surface area contributed by atoms with E-state index in [1.165, 1.54) is 0 Å². The quantitative estimate of drug-likeness (QED) is 0.105. The van der Waals surface area contributed by atoms with Gasteiger partial charge in [-0.15, -0.1) is 13.2 Å². The summed E-state index contributed by atoms with van der Waals surface area (Å²) in [4.78, 5) is 0. The van der Waals surface area contributed by atoms with Gasteiger partial charge in [-0.3, -0.25) is 0 Å². The number of rotatable bonds is 8. The highest BCUT2D eigenvalue weighted by Crippen LogP contribution is 2.38. The largest absolute Gasteiger partial charge is 0.573 e. The number of halogens is 11. The van der Waals surface area contributed by atoms with Gasteiger partial charge in [-0.1, -0.05) is 55.6 Å². The van der Waals surface area contributed by atoms with E-state index in [2.05, 4.69) is 34.2 Å². The van der Waals surface area contributed by atoms with Crippen molar-refractivity contribution in [2.75, 3.05) is 0 Å². The Labute approximate surface area is 267 Å². The normalized spacial score (nSPS) is 11.3. The van der Waals surface area contributed by atoms with Gasteiger partial charge in [-0.25, -0.2) is 26.3 Å². The lowest BCUT2D eigenvalue weighted by molar-refractivity contribution is -0.276. The number of hydrogen-bond donors (Lipinski definition) is 0. The van der Waals surface area contributed by atoms with E-state index >= 15 is 0 Å². The minimum Gasteiger partial charge on any atom is -0.429 e. The van der Waals surface area contributed by atoms with Crippen LogP contribution in [0, 0.1) is 58.6 Å². The summed E-state index contributed by atoms with van der Waals surface area (Å²) < 4.78 is 160. The number of unbranched alkanes of at least 4 members (excludes halogenated alkanes) is 2. The highest BCUT2D eigenvalue weighted by molar-refractivity contribution is 5.50.